The number of hydrogen-bond acceptors (Lipinski definition) is 7. The van der Waals surface area contributed by atoms with Crippen molar-refractivity contribution in [1.29, 1.82) is 0 Å². The van der Waals surface area contributed by atoms with Crippen LogP contribution in [0.5, 0.6) is 11.5 Å². The predicted molar refractivity (Wildman–Crippen MR) is 125 cm³/mol. The molecule has 0 aliphatic heterocycles. The second kappa shape index (κ2) is 11.7. The molecule has 0 radical (unpaired) electrons. The van der Waals surface area contributed by atoms with Crippen molar-refractivity contribution in [3.8, 4) is 22.1 Å². The van der Waals surface area contributed by atoms with Crippen molar-refractivity contribution >= 4 is 11.3 Å². The molecule has 0 aliphatic rings. The predicted octanol–water partition coefficient (Wildman–Crippen LogP) is 6.04. The zero-order valence-electron chi connectivity index (χ0n) is 19.7. The number of rotatable bonds is 11. The van der Waals surface area contributed by atoms with Gasteiger partial charge in [0.2, 0.25) is 0 Å². The zero-order valence-corrected chi connectivity index (χ0v) is 20.5. The van der Waals surface area contributed by atoms with Gasteiger partial charge in [-0.3, -0.25) is 0 Å². The fraction of sp³-hybridized carbons (Fsp3) is 0.417. The second-order valence-electron chi connectivity index (χ2n) is 8.48. The summed E-state index contributed by atoms with van der Waals surface area (Å²) in [6.07, 6.45) is -7.51. The Balaban J connectivity index is 1.51. The molecule has 37 heavy (non-hydrogen) atoms. The molecule has 0 fully saturated rings. The van der Waals surface area contributed by atoms with Gasteiger partial charge in [-0.15, -0.1) is 10.2 Å². The standard InChI is InChI=1S/C24H25F6N3O3S/c1-22(31,14-34)21-33-32-20(37-21)15-5-10-19(18(13-15)24(28,29)30)36-12-4-2-3-11-35-17-8-6-16(7-9-17)23(25,26)27/h5-10,13,34H,2-4,11-12,14,31H2,1H3/t22-/m0/s1. The number of halogens is 6. The largest absolute Gasteiger partial charge is 0.494 e. The van der Waals surface area contributed by atoms with E-state index in [0.29, 0.717) is 30.0 Å². The SMILES string of the molecule is C[C@](N)(CO)c1nnc(-c2ccc(OCCCCCOc3ccc(C(F)(F)F)cc3)c(C(F)(F)F)c2)s1. The van der Waals surface area contributed by atoms with E-state index in [0.717, 1.165) is 29.5 Å². The van der Waals surface area contributed by atoms with Gasteiger partial charge >= 0.3 is 12.4 Å². The Morgan fingerprint density at radius 3 is 2.11 bits per heavy atom. The van der Waals surface area contributed by atoms with E-state index in [2.05, 4.69) is 10.2 Å². The van der Waals surface area contributed by atoms with Gasteiger partial charge in [0.15, 0.2) is 0 Å². The number of alkyl halides is 6. The van der Waals surface area contributed by atoms with E-state index in [1.165, 1.54) is 31.2 Å². The summed E-state index contributed by atoms with van der Waals surface area (Å²) in [5.74, 6) is -0.0184. The molecule has 0 saturated heterocycles. The van der Waals surface area contributed by atoms with Crippen molar-refractivity contribution in [3.05, 3.63) is 58.6 Å². The summed E-state index contributed by atoms with van der Waals surface area (Å²) in [5.41, 5.74) is 3.23. The minimum atomic E-state index is -4.66. The smallest absolute Gasteiger partial charge is 0.419 e. The number of unbranched alkanes of at least 4 members (excludes halogenated alkanes) is 2. The topological polar surface area (TPSA) is 90.5 Å². The Kier molecular flexibility index (Phi) is 9.03. The molecule has 0 saturated carbocycles. The van der Waals surface area contributed by atoms with E-state index < -0.39 is 35.6 Å². The molecule has 0 aliphatic carbocycles. The maximum absolute atomic E-state index is 13.7. The summed E-state index contributed by atoms with van der Waals surface area (Å²) in [4.78, 5) is 0. The van der Waals surface area contributed by atoms with Gasteiger partial charge in [0.05, 0.1) is 36.5 Å². The van der Waals surface area contributed by atoms with E-state index in [4.69, 9.17) is 15.2 Å². The Labute approximate surface area is 213 Å². The lowest BCUT2D eigenvalue weighted by Crippen LogP contribution is -2.36. The monoisotopic (exact) mass is 549 g/mol. The first kappa shape index (κ1) is 28.7. The number of nitrogens with zero attached hydrogens (tertiary/aromatic N) is 2. The maximum atomic E-state index is 13.7. The van der Waals surface area contributed by atoms with Crippen molar-refractivity contribution in [2.75, 3.05) is 19.8 Å². The molecule has 2 aromatic carbocycles. The van der Waals surface area contributed by atoms with Gasteiger partial charge in [-0.05, 0) is 68.7 Å². The lowest BCUT2D eigenvalue weighted by atomic mass is 10.1. The van der Waals surface area contributed by atoms with Crippen LogP contribution in [0.15, 0.2) is 42.5 Å². The van der Waals surface area contributed by atoms with Crippen LogP contribution in [0.3, 0.4) is 0 Å². The fourth-order valence-electron chi connectivity index (χ4n) is 3.14. The van der Waals surface area contributed by atoms with Crippen LogP contribution >= 0.6 is 11.3 Å². The zero-order chi connectivity index (χ0) is 27.3. The Hall–Kier alpha value is -2.90. The van der Waals surface area contributed by atoms with E-state index in [1.54, 1.807) is 0 Å². The van der Waals surface area contributed by atoms with Gasteiger partial charge in [0.25, 0.3) is 0 Å². The van der Waals surface area contributed by atoms with Crippen LogP contribution in [0.25, 0.3) is 10.6 Å². The molecule has 3 rings (SSSR count). The Bertz CT molecular complexity index is 1160. The summed E-state index contributed by atoms with van der Waals surface area (Å²) in [6, 6.07) is 7.93. The Morgan fingerprint density at radius 2 is 1.51 bits per heavy atom. The normalized spacial score (nSPS) is 13.9. The lowest BCUT2D eigenvalue weighted by Gasteiger charge is -2.17. The fourth-order valence-corrected chi connectivity index (χ4v) is 4.03. The number of ether oxygens (including phenoxy) is 2. The third-order valence-electron chi connectivity index (χ3n) is 5.27. The van der Waals surface area contributed by atoms with Crippen molar-refractivity contribution in [2.45, 2.75) is 44.1 Å². The third kappa shape index (κ3) is 7.79. The number of benzene rings is 2. The second-order valence-corrected chi connectivity index (χ2v) is 9.45. The number of hydrogen-bond donors (Lipinski definition) is 2. The summed E-state index contributed by atoms with van der Waals surface area (Å²) in [7, 11) is 0. The van der Waals surface area contributed by atoms with E-state index in [-0.39, 0.29) is 29.5 Å². The molecule has 6 nitrogen and oxygen atoms in total. The van der Waals surface area contributed by atoms with Crippen LogP contribution in [0, 0.1) is 0 Å². The van der Waals surface area contributed by atoms with Gasteiger partial charge in [0, 0.05) is 5.56 Å². The van der Waals surface area contributed by atoms with Crippen molar-refractivity contribution in [3.63, 3.8) is 0 Å². The molecule has 1 aromatic heterocycles. The van der Waals surface area contributed by atoms with Crippen LogP contribution in [-0.2, 0) is 17.9 Å². The summed E-state index contributed by atoms with van der Waals surface area (Å²) < 4.78 is 89.5. The molecule has 0 spiro atoms. The van der Waals surface area contributed by atoms with E-state index >= 15 is 0 Å². The average Bonchev–Trinajstić information content (AvgIpc) is 3.34. The summed E-state index contributed by atoms with van der Waals surface area (Å²) in [6.45, 7) is 1.42. The Morgan fingerprint density at radius 1 is 0.865 bits per heavy atom. The first-order chi connectivity index (χ1) is 17.3. The summed E-state index contributed by atoms with van der Waals surface area (Å²) >= 11 is 0.995. The molecular weight excluding hydrogens is 524 g/mol. The molecule has 3 aromatic rings. The highest BCUT2D eigenvalue weighted by atomic mass is 32.1. The van der Waals surface area contributed by atoms with Gasteiger partial charge < -0.3 is 20.3 Å². The number of aliphatic hydroxyl groups excluding tert-OH is 1. The van der Waals surface area contributed by atoms with Crippen LogP contribution in [0.4, 0.5) is 26.3 Å². The lowest BCUT2D eigenvalue weighted by molar-refractivity contribution is -0.139. The molecule has 3 N–H and O–H groups in total. The van der Waals surface area contributed by atoms with Crippen LogP contribution in [0.1, 0.15) is 42.3 Å². The highest BCUT2D eigenvalue weighted by Crippen LogP contribution is 2.40. The van der Waals surface area contributed by atoms with Crippen LogP contribution < -0.4 is 15.2 Å². The minimum absolute atomic E-state index is 0.0354. The molecule has 202 valence electrons. The van der Waals surface area contributed by atoms with Crippen molar-refractivity contribution in [1.82, 2.24) is 10.2 Å². The number of nitrogens with two attached hydrogens (primary N) is 1. The van der Waals surface area contributed by atoms with Gasteiger partial charge in [-0.25, -0.2) is 0 Å². The van der Waals surface area contributed by atoms with Gasteiger partial charge in [-0.1, -0.05) is 11.3 Å². The first-order valence-electron chi connectivity index (χ1n) is 11.2. The van der Waals surface area contributed by atoms with E-state index in [1.807, 2.05) is 0 Å². The highest BCUT2D eigenvalue weighted by molar-refractivity contribution is 7.14. The third-order valence-corrected chi connectivity index (χ3v) is 6.52. The molecule has 13 heteroatoms. The van der Waals surface area contributed by atoms with Gasteiger partial charge in [-0.2, -0.15) is 26.3 Å². The first-order valence-corrected chi connectivity index (χ1v) is 12.0. The molecule has 1 atom stereocenters. The summed E-state index contributed by atoms with van der Waals surface area (Å²) in [5, 5.41) is 17.7. The number of aromatic nitrogens is 2. The van der Waals surface area contributed by atoms with E-state index in [9.17, 15) is 31.4 Å². The van der Waals surface area contributed by atoms with Crippen molar-refractivity contribution < 1.29 is 40.9 Å². The minimum Gasteiger partial charge on any atom is -0.494 e. The highest BCUT2D eigenvalue weighted by Gasteiger charge is 2.35. The molecule has 0 unspecified atom stereocenters. The average molecular weight is 550 g/mol. The molecule has 0 amide bonds. The van der Waals surface area contributed by atoms with Crippen molar-refractivity contribution in [2.24, 2.45) is 5.73 Å². The molecule has 1 heterocycles. The molecular formula is C24H25F6N3O3S. The van der Waals surface area contributed by atoms with Crippen LogP contribution in [0.2, 0.25) is 0 Å². The van der Waals surface area contributed by atoms with Crippen LogP contribution in [-0.4, -0.2) is 35.1 Å². The molecule has 0 bridgehead atoms. The van der Waals surface area contributed by atoms with Gasteiger partial charge in [0.1, 0.15) is 21.5 Å². The quantitative estimate of drug-likeness (QED) is 0.224. The maximum Gasteiger partial charge on any atom is 0.419 e. The number of aliphatic hydroxyl groups is 1.